The molecule has 0 atom stereocenters. The normalized spacial score (nSPS) is 11.6. The summed E-state index contributed by atoms with van der Waals surface area (Å²) >= 11 is 11.6. The van der Waals surface area contributed by atoms with E-state index in [1.54, 1.807) is 18.2 Å². The van der Waals surface area contributed by atoms with Crippen LogP contribution in [0.5, 0.6) is 0 Å². The highest BCUT2D eigenvalue weighted by molar-refractivity contribution is 6.42. The third-order valence-corrected chi connectivity index (χ3v) is 2.53. The van der Waals surface area contributed by atoms with Gasteiger partial charge in [-0.3, -0.25) is 4.79 Å². The molecule has 0 N–H and O–H groups in total. The molecule has 0 fully saturated rings. The number of carbonyl (C=O) groups excluding carboxylic acids is 1. The van der Waals surface area contributed by atoms with E-state index in [-0.39, 0.29) is 5.78 Å². The van der Waals surface area contributed by atoms with E-state index >= 15 is 0 Å². The highest BCUT2D eigenvalue weighted by Crippen LogP contribution is 2.25. The van der Waals surface area contributed by atoms with E-state index in [2.05, 4.69) is 0 Å². The van der Waals surface area contributed by atoms with E-state index in [0.717, 1.165) is 11.1 Å². The Hall–Kier alpha value is -0.790. The van der Waals surface area contributed by atoms with Crippen molar-refractivity contribution in [1.29, 1.82) is 0 Å². The Morgan fingerprint density at radius 2 is 1.86 bits per heavy atom. The molecule has 0 saturated heterocycles. The lowest BCUT2D eigenvalue weighted by Gasteiger charge is -2.02. The lowest BCUT2D eigenvalue weighted by molar-refractivity contribution is -0.112. The monoisotopic (exact) mass is 228 g/mol. The van der Waals surface area contributed by atoms with Crippen LogP contribution in [-0.2, 0) is 4.79 Å². The van der Waals surface area contributed by atoms with Crippen LogP contribution < -0.4 is 0 Å². The second-order valence-corrected chi connectivity index (χ2v) is 3.88. The van der Waals surface area contributed by atoms with E-state index in [0.29, 0.717) is 10.0 Å². The topological polar surface area (TPSA) is 17.1 Å². The van der Waals surface area contributed by atoms with Crippen molar-refractivity contribution in [2.24, 2.45) is 0 Å². The fourth-order valence-electron chi connectivity index (χ4n) is 1.13. The van der Waals surface area contributed by atoms with Gasteiger partial charge in [0.05, 0.1) is 10.0 Å². The molecule has 0 heterocycles. The minimum absolute atomic E-state index is 0.0218. The summed E-state index contributed by atoms with van der Waals surface area (Å²) in [4.78, 5) is 10.8. The average molecular weight is 229 g/mol. The molecule has 0 amide bonds. The molecule has 1 aromatic carbocycles. The van der Waals surface area contributed by atoms with Gasteiger partial charge in [0.15, 0.2) is 5.78 Å². The third-order valence-electron chi connectivity index (χ3n) is 1.79. The maximum absolute atomic E-state index is 10.8. The van der Waals surface area contributed by atoms with Crippen molar-refractivity contribution in [3.05, 3.63) is 39.9 Å². The molecule has 0 saturated carbocycles. The van der Waals surface area contributed by atoms with Gasteiger partial charge in [-0.05, 0) is 43.2 Å². The van der Waals surface area contributed by atoms with Crippen molar-refractivity contribution >= 4 is 34.6 Å². The molecule has 0 aliphatic heterocycles. The fourth-order valence-corrected chi connectivity index (χ4v) is 1.43. The van der Waals surface area contributed by atoms with Crippen LogP contribution in [0.2, 0.25) is 10.0 Å². The summed E-state index contributed by atoms with van der Waals surface area (Å²) in [5.41, 5.74) is 1.80. The second-order valence-electron chi connectivity index (χ2n) is 3.07. The molecule has 0 aliphatic carbocycles. The van der Waals surface area contributed by atoms with Crippen LogP contribution in [0.4, 0.5) is 0 Å². The van der Waals surface area contributed by atoms with Crippen molar-refractivity contribution in [2.45, 2.75) is 13.8 Å². The first kappa shape index (κ1) is 11.3. The first-order chi connectivity index (χ1) is 6.50. The van der Waals surface area contributed by atoms with Crippen LogP contribution in [0.15, 0.2) is 24.3 Å². The molecule has 74 valence electrons. The van der Waals surface area contributed by atoms with Gasteiger partial charge in [0, 0.05) is 0 Å². The molecular formula is C11H10Cl2O. The summed E-state index contributed by atoms with van der Waals surface area (Å²) in [5, 5.41) is 1.02. The average Bonchev–Trinajstić information content (AvgIpc) is 2.08. The largest absolute Gasteiger partial charge is 0.295 e. The first-order valence-electron chi connectivity index (χ1n) is 4.15. The van der Waals surface area contributed by atoms with Gasteiger partial charge < -0.3 is 0 Å². The Labute approximate surface area is 93.3 Å². The van der Waals surface area contributed by atoms with E-state index in [9.17, 15) is 4.79 Å². The quantitative estimate of drug-likeness (QED) is 0.701. The van der Waals surface area contributed by atoms with Crippen LogP contribution in [0, 0.1) is 0 Å². The maximum atomic E-state index is 10.8. The van der Waals surface area contributed by atoms with Crippen molar-refractivity contribution in [3.8, 4) is 0 Å². The van der Waals surface area contributed by atoms with Crippen molar-refractivity contribution in [3.63, 3.8) is 0 Å². The molecule has 3 heteroatoms. The van der Waals surface area contributed by atoms with Gasteiger partial charge in [0.25, 0.3) is 0 Å². The van der Waals surface area contributed by atoms with Crippen molar-refractivity contribution < 1.29 is 4.79 Å². The molecule has 1 rings (SSSR count). The second kappa shape index (κ2) is 4.63. The van der Waals surface area contributed by atoms with Gasteiger partial charge in [-0.1, -0.05) is 29.3 Å². The minimum Gasteiger partial charge on any atom is -0.295 e. The predicted octanol–water partition coefficient (Wildman–Crippen LogP) is 3.99. The lowest BCUT2D eigenvalue weighted by atomic mass is 10.1. The number of hydrogen-bond donors (Lipinski definition) is 0. The molecule has 1 nitrogen and oxygen atoms in total. The maximum Gasteiger partial charge on any atom is 0.152 e. The number of ketones is 1. The summed E-state index contributed by atoms with van der Waals surface area (Å²) in [6.45, 7) is 3.38. The zero-order valence-electron chi connectivity index (χ0n) is 7.97. The summed E-state index contributed by atoms with van der Waals surface area (Å²) in [6, 6.07) is 5.30. The summed E-state index contributed by atoms with van der Waals surface area (Å²) in [6.07, 6.45) is 1.57. The number of allylic oxidation sites excluding steroid dienone is 2. The van der Waals surface area contributed by atoms with E-state index in [1.807, 2.05) is 13.0 Å². The van der Waals surface area contributed by atoms with Gasteiger partial charge in [0.2, 0.25) is 0 Å². The number of carbonyl (C=O) groups is 1. The Morgan fingerprint density at radius 3 is 2.36 bits per heavy atom. The highest BCUT2D eigenvalue weighted by atomic mass is 35.5. The summed E-state index contributed by atoms with van der Waals surface area (Å²) < 4.78 is 0. The number of benzene rings is 1. The molecule has 0 aromatic heterocycles. The van der Waals surface area contributed by atoms with Gasteiger partial charge in [-0.25, -0.2) is 0 Å². The van der Waals surface area contributed by atoms with Gasteiger partial charge >= 0.3 is 0 Å². The van der Waals surface area contributed by atoms with E-state index in [1.165, 1.54) is 6.92 Å². The smallest absolute Gasteiger partial charge is 0.152 e. The fraction of sp³-hybridized carbons (Fsp3) is 0.182. The van der Waals surface area contributed by atoms with Gasteiger partial charge in [-0.2, -0.15) is 0 Å². The van der Waals surface area contributed by atoms with Crippen LogP contribution in [0.1, 0.15) is 19.4 Å². The Kier molecular flexibility index (Phi) is 3.73. The number of halogens is 2. The molecule has 0 bridgehead atoms. The standard InChI is InChI=1S/C11H10Cl2O/c1-7(5-8(2)14)9-3-4-10(12)11(13)6-9/h3-6H,1-2H3/b7-5-. The summed E-state index contributed by atoms with van der Waals surface area (Å²) in [7, 11) is 0. The molecular weight excluding hydrogens is 219 g/mol. The van der Waals surface area contributed by atoms with Crippen molar-refractivity contribution in [1.82, 2.24) is 0 Å². The molecule has 1 aromatic rings. The lowest BCUT2D eigenvalue weighted by Crippen LogP contribution is -1.86. The predicted molar refractivity (Wildman–Crippen MR) is 60.8 cm³/mol. The van der Waals surface area contributed by atoms with Crippen LogP contribution in [0.3, 0.4) is 0 Å². The molecule has 0 radical (unpaired) electrons. The molecule has 14 heavy (non-hydrogen) atoms. The first-order valence-corrected chi connectivity index (χ1v) is 4.90. The zero-order valence-corrected chi connectivity index (χ0v) is 9.49. The van der Waals surface area contributed by atoms with Crippen LogP contribution in [-0.4, -0.2) is 5.78 Å². The SMILES string of the molecule is CC(=O)/C=C(/C)c1ccc(Cl)c(Cl)c1. The Bertz CT molecular complexity index is 394. The Balaban J connectivity index is 3.09. The molecule has 0 spiro atoms. The van der Waals surface area contributed by atoms with Gasteiger partial charge in [0.1, 0.15) is 0 Å². The van der Waals surface area contributed by atoms with E-state index in [4.69, 9.17) is 23.2 Å². The zero-order chi connectivity index (χ0) is 10.7. The van der Waals surface area contributed by atoms with Crippen LogP contribution in [0.25, 0.3) is 5.57 Å². The van der Waals surface area contributed by atoms with Crippen LogP contribution >= 0.6 is 23.2 Å². The van der Waals surface area contributed by atoms with E-state index < -0.39 is 0 Å². The minimum atomic E-state index is 0.0218. The van der Waals surface area contributed by atoms with Gasteiger partial charge in [-0.15, -0.1) is 0 Å². The highest BCUT2D eigenvalue weighted by Gasteiger charge is 2.01. The number of rotatable bonds is 2. The number of hydrogen-bond acceptors (Lipinski definition) is 1. The molecule has 0 aliphatic rings. The molecule has 0 unspecified atom stereocenters. The Morgan fingerprint density at radius 1 is 1.21 bits per heavy atom. The van der Waals surface area contributed by atoms with Crippen molar-refractivity contribution in [2.75, 3.05) is 0 Å². The summed E-state index contributed by atoms with van der Waals surface area (Å²) in [5.74, 6) is 0.0218. The third kappa shape index (κ3) is 2.86.